The maximum atomic E-state index is 11.1. The van der Waals surface area contributed by atoms with Crippen LogP contribution < -0.4 is 5.32 Å². The Morgan fingerprint density at radius 3 is 2.75 bits per heavy atom. The highest BCUT2D eigenvalue weighted by Crippen LogP contribution is 2.27. The van der Waals surface area contributed by atoms with Crippen LogP contribution in [0.25, 0.3) is 0 Å². The molecular weight excluding hydrogens is 288 g/mol. The first-order chi connectivity index (χ1) is 9.49. The van der Waals surface area contributed by atoms with Crippen molar-refractivity contribution in [3.05, 3.63) is 51.4 Å². The zero-order valence-electron chi connectivity index (χ0n) is 9.78. The van der Waals surface area contributed by atoms with Gasteiger partial charge in [0.15, 0.2) is 0 Å². The van der Waals surface area contributed by atoms with E-state index in [1.165, 1.54) is 18.2 Å². The Labute approximate surface area is 117 Å². The standard InChI is InChI=1S/C11H7ClN4O4/c12-11-13-5-8(16(19)20)9(15-11)14-7-4-2-1-3-6(7)10(17)18/h1-5H,(H,17,18)(H,13,14,15). The number of para-hydroxylation sites is 1. The smallest absolute Gasteiger partial charge is 0.337 e. The number of nitrogens with one attached hydrogen (secondary N) is 1. The lowest BCUT2D eigenvalue weighted by Crippen LogP contribution is -2.05. The predicted octanol–water partition coefficient (Wildman–Crippen LogP) is 2.48. The number of carbonyl (C=O) groups is 1. The fourth-order valence-corrected chi connectivity index (χ4v) is 1.62. The van der Waals surface area contributed by atoms with Crippen molar-refractivity contribution in [1.29, 1.82) is 0 Å². The van der Waals surface area contributed by atoms with Crippen molar-refractivity contribution >= 4 is 34.8 Å². The summed E-state index contributed by atoms with van der Waals surface area (Å²) in [7, 11) is 0. The third-order valence-corrected chi connectivity index (χ3v) is 2.53. The topological polar surface area (TPSA) is 118 Å². The van der Waals surface area contributed by atoms with Gasteiger partial charge in [-0.25, -0.2) is 9.78 Å². The lowest BCUT2D eigenvalue weighted by molar-refractivity contribution is -0.384. The van der Waals surface area contributed by atoms with Crippen molar-refractivity contribution in [2.24, 2.45) is 0 Å². The van der Waals surface area contributed by atoms with Crippen LogP contribution in [0.2, 0.25) is 5.28 Å². The van der Waals surface area contributed by atoms with E-state index in [4.69, 9.17) is 16.7 Å². The number of carboxylic acid groups (broad SMARTS) is 1. The maximum absolute atomic E-state index is 11.1. The van der Waals surface area contributed by atoms with Gasteiger partial charge >= 0.3 is 11.7 Å². The van der Waals surface area contributed by atoms with Crippen LogP contribution in [-0.4, -0.2) is 26.0 Å². The van der Waals surface area contributed by atoms with E-state index in [9.17, 15) is 14.9 Å². The van der Waals surface area contributed by atoms with Crippen LogP contribution in [0.15, 0.2) is 30.5 Å². The van der Waals surface area contributed by atoms with Crippen molar-refractivity contribution in [2.75, 3.05) is 5.32 Å². The zero-order valence-corrected chi connectivity index (χ0v) is 10.5. The van der Waals surface area contributed by atoms with E-state index in [0.717, 1.165) is 6.20 Å². The minimum absolute atomic E-state index is 0.0449. The van der Waals surface area contributed by atoms with E-state index in [1.807, 2.05) is 0 Å². The number of hydrogen-bond donors (Lipinski definition) is 2. The summed E-state index contributed by atoms with van der Waals surface area (Å²) in [5.41, 5.74) is -0.288. The van der Waals surface area contributed by atoms with Crippen LogP contribution in [0.1, 0.15) is 10.4 Å². The number of aromatic nitrogens is 2. The van der Waals surface area contributed by atoms with Gasteiger partial charge in [0.1, 0.15) is 6.20 Å². The summed E-state index contributed by atoms with van der Waals surface area (Å²) >= 11 is 5.59. The molecule has 20 heavy (non-hydrogen) atoms. The molecule has 8 nitrogen and oxygen atoms in total. The van der Waals surface area contributed by atoms with E-state index in [-0.39, 0.29) is 22.4 Å². The van der Waals surface area contributed by atoms with E-state index >= 15 is 0 Å². The van der Waals surface area contributed by atoms with Gasteiger partial charge in [-0.1, -0.05) is 12.1 Å². The summed E-state index contributed by atoms with van der Waals surface area (Å²) in [6, 6.07) is 5.95. The lowest BCUT2D eigenvalue weighted by atomic mass is 10.2. The average molecular weight is 295 g/mol. The maximum Gasteiger partial charge on any atom is 0.337 e. The first-order valence-corrected chi connectivity index (χ1v) is 5.63. The first-order valence-electron chi connectivity index (χ1n) is 5.25. The molecular formula is C11H7ClN4O4. The van der Waals surface area contributed by atoms with Gasteiger partial charge < -0.3 is 10.4 Å². The largest absolute Gasteiger partial charge is 0.478 e. The van der Waals surface area contributed by atoms with Gasteiger partial charge in [0.2, 0.25) is 11.1 Å². The molecule has 2 rings (SSSR count). The van der Waals surface area contributed by atoms with Crippen LogP contribution >= 0.6 is 11.6 Å². The molecule has 0 fully saturated rings. The van der Waals surface area contributed by atoms with Crippen LogP contribution in [0.4, 0.5) is 17.2 Å². The Kier molecular flexibility index (Phi) is 3.76. The van der Waals surface area contributed by atoms with E-state index in [0.29, 0.717) is 0 Å². The number of rotatable bonds is 4. The molecule has 0 spiro atoms. The minimum Gasteiger partial charge on any atom is -0.478 e. The zero-order chi connectivity index (χ0) is 14.7. The number of aromatic carboxylic acids is 1. The molecule has 0 bridgehead atoms. The van der Waals surface area contributed by atoms with Crippen molar-refractivity contribution in [1.82, 2.24) is 9.97 Å². The SMILES string of the molecule is O=C(O)c1ccccc1Nc1nc(Cl)ncc1[N+](=O)[O-]. The quantitative estimate of drug-likeness (QED) is 0.505. The van der Waals surface area contributed by atoms with Gasteiger partial charge in [-0.2, -0.15) is 4.98 Å². The number of benzene rings is 1. The normalized spacial score (nSPS) is 10.1. The van der Waals surface area contributed by atoms with Gasteiger partial charge in [0, 0.05) is 0 Å². The molecule has 0 atom stereocenters. The van der Waals surface area contributed by atoms with Crippen LogP contribution in [-0.2, 0) is 0 Å². The van der Waals surface area contributed by atoms with Gasteiger partial charge in [-0.3, -0.25) is 10.1 Å². The summed E-state index contributed by atoms with van der Waals surface area (Å²) in [5, 5.41) is 22.3. The van der Waals surface area contributed by atoms with E-state index in [1.54, 1.807) is 6.07 Å². The third kappa shape index (κ3) is 2.81. The second-order valence-corrected chi connectivity index (χ2v) is 3.94. The van der Waals surface area contributed by atoms with Gasteiger partial charge in [-0.05, 0) is 23.7 Å². The summed E-state index contributed by atoms with van der Waals surface area (Å²) in [6.45, 7) is 0. The Balaban J connectivity index is 2.47. The molecule has 9 heteroatoms. The molecule has 0 amide bonds. The number of hydrogen-bond acceptors (Lipinski definition) is 6. The Morgan fingerprint density at radius 1 is 1.40 bits per heavy atom. The molecule has 0 saturated heterocycles. The Morgan fingerprint density at radius 2 is 2.10 bits per heavy atom. The molecule has 0 radical (unpaired) electrons. The molecule has 2 aromatic rings. The Hall–Kier alpha value is -2.74. The van der Waals surface area contributed by atoms with Crippen molar-refractivity contribution in [3.63, 3.8) is 0 Å². The molecule has 0 aliphatic rings. The summed E-state index contributed by atoms with van der Waals surface area (Å²) in [5.74, 6) is -1.35. The van der Waals surface area contributed by atoms with Gasteiger partial charge in [0.25, 0.3) is 0 Å². The third-order valence-electron chi connectivity index (χ3n) is 2.35. The second-order valence-electron chi connectivity index (χ2n) is 3.61. The lowest BCUT2D eigenvalue weighted by Gasteiger charge is -2.08. The summed E-state index contributed by atoms with van der Waals surface area (Å²) < 4.78 is 0. The fourth-order valence-electron chi connectivity index (χ4n) is 1.49. The van der Waals surface area contributed by atoms with Crippen LogP contribution in [0.5, 0.6) is 0 Å². The molecule has 102 valence electrons. The molecule has 0 unspecified atom stereocenters. The number of nitrogens with zero attached hydrogens (tertiary/aromatic N) is 3. The highest BCUT2D eigenvalue weighted by atomic mass is 35.5. The van der Waals surface area contributed by atoms with Gasteiger partial charge in [0.05, 0.1) is 16.2 Å². The molecule has 1 aromatic heterocycles. The molecule has 1 aromatic carbocycles. The number of halogens is 1. The molecule has 2 N–H and O–H groups in total. The Bertz CT molecular complexity index is 692. The number of nitro groups is 1. The second kappa shape index (κ2) is 5.49. The molecule has 0 aliphatic heterocycles. The van der Waals surface area contributed by atoms with E-state index < -0.39 is 16.6 Å². The van der Waals surface area contributed by atoms with E-state index in [2.05, 4.69) is 15.3 Å². The minimum atomic E-state index is -1.17. The average Bonchev–Trinajstić information content (AvgIpc) is 2.38. The monoisotopic (exact) mass is 294 g/mol. The fraction of sp³-hybridized carbons (Fsp3) is 0. The van der Waals surface area contributed by atoms with Crippen LogP contribution in [0.3, 0.4) is 0 Å². The molecule has 1 heterocycles. The van der Waals surface area contributed by atoms with Crippen molar-refractivity contribution in [3.8, 4) is 0 Å². The summed E-state index contributed by atoms with van der Waals surface area (Å²) in [4.78, 5) is 28.5. The number of carboxylic acids is 1. The van der Waals surface area contributed by atoms with Crippen molar-refractivity contribution in [2.45, 2.75) is 0 Å². The first kappa shape index (κ1) is 13.7. The molecule has 0 saturated carbocycles. The molecule has 0 aliphatic carbocycles. The van der Waals surface area contributed by atoms with Crippen molar-refractivity contribution < 1.29 is 14.8 Å². The summed E-state index contributed by atoms with van der Waals surface area (Å²) in [6.07, 6.45) is 0.945. The van der Waals surface area contributed by atoms with Gasteiger partial charge in [-0.15, -0.1) is 0 Å². The van der Waals surface area contributed by atoms with Crippen LogP contribution in [0, 0.1) is 10.1 Å². The highest BCUT2D eigenvalue weighted by molar-refractivity contribution is 6.28. The number of anilines is 2. The highest BCUT2D eigenvalue weighted by Gasteiger charge is 2.19. The predicted molar refractivity (Wildman–Crippen MR) is 70.4 cm³/mol.